The van der Waals surface area contributed by atoms with Gasteiger partial charge in [0.25, 0.3) is 0 Å². The van der Waals surface area contributed by atoms with Gasteiger partial charge < -0.3 is 10.2 Å². The Hall–Kier alpha value is -2.81. The van der Waals surface area contributed by atoms with Crippen LogP contribution in [0.5, 0.6) is 5.75 Å². The van der Waals surface area contributed by atoms with Gasteiger partial charge in [-0.05, 0) is 53.3 Å². The number of hydrogen-bond acceptors (Lipinski definition) is 2. The van der Waals surface area contributed by atoms with Crippen LogP contribution in [-0.2, 0) is 12.8 Å². The molecule has 0 saturated carbocycles. The minimum Gasteiger partial charge on any atom is -0.507 e. The fraction of sp³-hybridized carbons (Fsp3) is 0.227. The maximum Gasteiger partial charge on any atom is 0.339 e. The van der Waals surface area contributed by atoms with Crippen LogP contribution in [0.25, 0.3) is 10.8 Å². The van der Waals surface area contributed by atoms with Crippen molar-refractivity contribution in [1.29, 1.82) is 0 Å². The average molecular weight is 336 g/mol. The Morgan fingerprint density at radius 2 is 1.60 bits per heavy atom. The molecule has 3 nitrogen and oxygen atoms in total. The van der Waals surface area contributed by atoms with Gasteiger partial charge in [-0.3, -0.25) is 0 Å². The lowest BCUT2D eigenvalue weighted by molar-refractivity contribution is 0.0692. The van der Waals surface area contributed by atoms with Crippen LogP contribution in [0.3, 0.4) is 0 Å². The van der Waals surface area contributed by atoms with E-state index in [0.29, 0.717) is 12.0 Å². The number of aromatic carboxylic acids is 1. The molecule has 25 heavy (non-hydrogen) atoms. The van der Waals surface area contributed by atoms with Crippen LogP contribution in [0.2, 0.25) is 0 Å². The molecule has 3 rings (SSSR count). The van der Waals surface area contributed by atoms with Gasteiger partial charge in [0.05, 0.1) is 0 Å². The molecule has 3 heteroatoms. The molecule has 0 radical (unpaired) electrons. The Balaban J connectivity index is 0.00000109. The molecule has 0 spiro atoms. The van der Waals surface area contributed by atoms with Crippen LogP contribution in [0.1, 0.15) is 40.9 Å². The summed E-state index contributed by atoms with van der Waals surface area (Å²) in [6, 6.07) is 17.8. The Labute approximate surface area is 148 Å². The Morgan fingerprint density at radius 3 is 2.28 bits per heavy atom. The fourth-order valence-electron chi connectivity index (χ4n) is 2.96. The predicted octanol–water partition coefficient (Wildman–Crippen LogP) is 5.36. The highest BCUT2D eigenvalue weighted by atomic mass is 16.4. The van der Waals surface area contributed by atoms with Crippen LogP contribution in [0.15, 0.2) is 54.6 Å². The third-order valence-electron chi connectivity index (χ3n) is 4.05. The number of carbonyl (C=O) groups is 1. The van der Waals surface area contributed by atoms with E-state index >= 15 is 0 Å². The zero-order chi connectivity index (χ0) is 18.4. The molecule has 0 atom stereocenters. The molecule has 0 fully saturated rings. The number of benzene rings is 3. The van der Waals surface area contributed by atoms with E-state index in [9.17, 15) is 15.0 Å². The van der Waals surface area contributed by atoms with Crippen LogP contribution < -0.4 is 0 Å². The summed E-state index contributed by atoms with van der Waals surface area (Å²) in [4.78, 5) is 11.4. The van der Waals surface area contributed by atoms with E-state index < -0.39 is 5.97 Å². The standard InChI is InChI=1S/C20H18O3.C2H6/c1-13-10-17(19(20(22)23)18(21)11-13)9-7-14-6-8-15-4-2-3-5-16(15)12-14;1-2/h2-6,8,10-12,21H,7,9H2,1H3,(H,22,23);1-2H3. The third-order valence-corrected chi connectivity index (χ3v) is 4.05. The van der Waals surface area contributed by atoms with E-state index in [0.717, 1.165) is 17.5 Å². The van der Waals surface area contributed by atoms with Crippen molar-refractivity contribution in [3.05, 3.63) is 76.9 Å². The average Bonchev–Trinajstić information content (AvgIpc) is 2.60. The Morgan fingerprint density at radius 1 is 0.920 bits per heavy atom. The van der Waals surface area contributed by atoms with Crippen molar-refractivity contribution in [2.75, 3.05) is 0 Å². The van der Waals surface area contributed by atoms with Crippen molar-refractivity contribution < 1.29 is 15.0 Å². The number of hydrogen-bond donors (Lipinski definition) is 2. The summed E-state index contributed by atoms with van der Waals surface area (Å²) in [6.45, 7) is 5.85. The Kier molecular flexibility index (Phi) is 6.18. The summed E-state index contributed by atoms with van der Waals surface area (Å²) in [7, 11) is 0. The molecule has 0 aliphatic carbocycles. The molecule has 0 unspecified atom stereocenters. The third kappa shape index (κ3) is 4.38. The molecular formula is C22H24O3. The predicted molar refractivity (Wildman–Crippen MR) is 103 cm³/mol. The number of aromatic hydroxyl groups is 1. The molecule has 3 aromatic carbocycles. The van der Waals surface area contributed by atoms with E-state index in [1.165, 1.54) is 16.8 Å². The molecule has 0 heterocycles. The topological polar surface area (TPSA) is 57.5 Å². The molecule has 130 valence electrons. The SMILES string of the molecule is CC.Cc1cc(O)c(C(=O)O)c(CCc2ccc3ccccc3c2)c1. The van der Waals surface area contributed by atoms with Gasteiger partial charge in [0.1, 0.15) is 11.3 Å². The summed E-state index contributed by atoms with van der Waals surface area (Å²) in [6.07, 6.45) is 1.31. The second-order valence-electron chi connectivity index (χ2n) is 5.80. The first-order valence-corrected chi connectivity index (χ1v) is 8.58. The first-order chi connectivity index (χ1) is 12.0. The van der Waals surface area contributed by atoms with Crippen LogP contribution >= 0.6 is 0 Å². The van der Waals surface area contributed by atoms with Crippen LogP contribution in [-0.4, -0.2) is 16.2 Å². The van der Waals surface area contributed by atoms with Crippen LogP contribution in [0.4, 0.5) is 0 Å². The van der Waals surface area contributed by atoms with Gasteiger partial charge in [-0.25, -0.2) is 4.79 Å². The number of carboxylic acid groups (broad SMARTS) is 1. The Bertz CT molecular complexity index is 882. The molecule has 0 aliphatic heterocycles. The molecule has 0 saturated heterocycles. The second-order valence-corrected chi connectivity index (χ2v) is 5.80. The largest absolute Gasteiger partial charge is 0.507 e. The summed E-state index contributed by atoms with van der Waals surface area (Å²) < 4.78 is 0. The van der Waals surface area contributed by atoms with Crippen molar-refractivity contribution in [3.63, 3.8) is 0 Å². The quantitative estimate of drug-likeness (QED) is 0.674. The zero-order valence-corrected chi connectivity index (χ0v) is 14.9. The van der Waals surface area contributed by atoms with Crippen molar-refractivity contribution in [2.24, 2.45) is 0 Å². The maximum absolute atomic E-state index is 11.4. The number of phenols is 1. The van der Waals surface area contributed by atoms with Crippen molar-refractivity contribution in [1.82, 2.24) is 0 Å². The summed E-state index contributed by atoms with van der Waals surface area (Å²) in [5, 5.41) is 21.6. The molecule has 3 aromatic rings. The van der Waals surface area contributed by atoms with E-state index in [1.807, 2.05) is 39.0 Å². The van der Waals surface area contributed by atoms with Gasteiger partial charge in [0.15, 0.2) is 0 Å². The zero-order valence-electron chi connectivity index (χ0n) is 14.9. The maximum atomic E-state index is 11.4. The summed E-state index contributed by atoms with van der Waals surface area (Å²) in [5.41, 5.74) is 2.70. The minimum atomic E-state index is -1.09. The van der Waals surface area contributed by atoms with Gasteiger partial charge in [-0.2, -0.15) is 0 Å². The molecule has 0 bridgehead atoms. The monoisotopic (exact) mass is 336 g/mol. The van der Waals surface area contributed by atoms with Gasteiger partial charge in [-0.1, -0.05) is 62.4 Å². The number of rotatable bonds is 4. The van der Waals surface area contributed by atoms with Gasteiger partial charge in [-0.15, -0.1) is 0 Å². The van der Waals surface area contributed by atoms with Crippen LogP contribution in [0, 0.1) is 6.92 Å². The normalized spacial score (nSPS) is 10.2. The van der Waals surface area contributed by atoms with Gasteiger partial charge >= 0.3 is 5.97 Å². The molecule has 0 amide bonds. The van der Waals surface area contributed by atoms with Crippen molar-refractivity contribution in [3.8, 4) is 5.75 Å². The summed E-state index contributed by atoms with van der Waals surface area (Å²) >= 11 is 0. The van der Waals surface area contributed by atoms with Crippen molar-refractivity contribution in [2.45, 2.75) is 33.6 Å². The molecule has 2 N–H and O–H groups in total. The highest BCUT2D eigenvalue weighted by Gasteiger charge is 2.16. The molecule has 0 aliphatic rings. The second kappa shape index (κ2) is 8.34. The lowest BCUT2D eigenvalue weighted by atomic mass is 9.96. The first-order valence-electron chi connectivity index (χ1n) is 8.58. The lowest BCUT2D eigenvalue weighted by Crippen LogP contribution is -2.05. The molecule has 0 aromatic heterocycles. The number of fused-ring (bicyclic) bond motifs is 1. The van der Waals surface area contributed by atoms with E-state index in [4.69, 9.17) is 0 Å². The van der Waals surface area contributed by atoms with E-state index in [2.05, 4.69) is 30.3 Å². The van der Waals surface area contributed by atoms with Gasteiger partial charge in [0, 0.05) is 0 Å². The molecular weight excluding hydrogens is 312 g/mol. The highest BCUT2D eigenvalue weighted by molar-refractivity contribution is 5.92. The fourth-order valence-corrected chi connectivity index (χ4v) is 2.96. The van der Waals surface area contributed by atoms with Gasteiger partial charge in [0.2, 0.25) is 0 Å². The van der Waals surface area contributed by atoms with E-state index in [1.54, 1.807) is 0 Å². The highest BCUT2D eigenvalue weighted by Crippen LogP contribution is 2.25. The minimum absolute atomic E-state index is 0.0105. The van der Waals surface area contributed by atoms with Crippen molar-refractivity contribution >= 4 is 16.7 Å². The number of carboxylic acids is 1. The summed E-state index contributed by atoms with van der Waals surface area (Å²) in [5.74, 6) is -1.25. The number of aryl methyl sites for hydroxylation is 3. The lowest BCUT2D eigenvalue weighted by Gasteiger charge is -2.10. The first kappa shape index (κ1) is 18.5. The smallest absolute Gasteiger partial charge is 0.339 e. The van der Waals surface area contributed by atoms with E-state index in [-0.39, 0.29) is 11.3 Å².